The number of methoxy groups -OCH3 is 1. The molecule has 0 aromatic heterocycles. The molecule has 0 aliphatic carbocycles. The lowest BCUT2D eigenvalue weighted by molar-refractivity contribution is -0.122. The fourth-order valence-electron chi connectivity index (χ4n) is 2.31. The quantitative estimate of drug-likeness (QED) is 0.590. The Morgan fingerprint density at radius 3 is 2.52 bits per heavy atom. The van der Waals surface area contributed by atoms with Crippen LogP contribution in [-0.4, -0.2) is 38.2 Å². The summed E-state index contributed by atoms with van der Waals surface area (Å²) in [5.41, 5.74) is 0.845. The molecule has 0 aliphatic heterocycles. The Labute approximate surface area is 167 Å². The van der Waals surface area contributed by atoms with Crippen LogP contribution in [0.2, 0.25) is 0 Å². The first kappa shape index (κ1) is 20.9. The molecule has 144 valence electrons. The van der Waals surface area contributed by atoms with Gasteiger partial charge in [-0.25, -0.2) is 0 Å². The lowest BCUT2D eigenvalue weighted by atomic mass is 10.1. The summed E-state index contributed by atoms with van der Waals surface area (Å²) in [6.07, 6.45) is -0.00143. The van der Waals surface area contributed by atoms with Crippen LogP contribution in [0.15, 0.2) is 53.0 Å². The number of carbonyl (C=O) groups is 2. The molecule has 0 radical (unpaired) electrons. The fraction of sp³-hybridized carbons (Fsp3) is 0.300. The maximum Gasteiger partial charge on any atom is 0.265 e. The number of hydrogen-bond acceptors (Lipinski definition) is 4. The van der Waals surface area contributed by atoms with Crippen LogP contribution >= 0.6 is 15.9 Å². The van der Waals surface area contributed by atoms with Crippen molar-refractivity contribution in [2.75, 3.05) is 25.6 Å². The SMILES string of the molecule is COCCCNC(=O)c1ccccc1NC(=O)[C@H](C)Oc1ccc(Br)cc1. The lowest BCUT2D eigenvalue weighted by Crippen LogP contribution is -2.32. The molecule has 0 saturated heterocycles. The average molecular weight is 435 g/mol. The number of nitrogens with one attached hydrogen (secondary N) is 2. The van der Waals surface area contributed by atoms with Crippen molar-refractivity contribution in [3.8, 4) is 5.75 Å². The molecule has 2 N–H and O–H groups in total. The maximum atomic E-state index is 12.5. The minimum absolute atomic E-state index is 0.247. The van der Waals surface area contributed by atoms with E-state index in [1.54, 1.807) is 50.4 Å². The highest BCUT2D eigenvalue weighted by Gasteiger charge is 2.18. The minimum atomic E-state index is -0.719. The van der Waals surface area contributed by atoms with Gasteiger partial charge in [0.05, 0.1) is 11.3 Å². The van der Waals surface area contributed by atoms with Gasteiger partial charge in [-0.1, -0.05) is 28.1 Å². The van der Waals surface area contributed by atoms with Gasteiger partial charge in [0.15, 0.2) is 6.10 Å². The number of amides is 2. The third-order valence-corrected chi connectivity index (χ3v) is 4.26. The molecule has 2 rings (SSSR count). The average Bonchev–Trinajstić information content (AvgIpc) is 2.67. The van der Waals surface area contributed by atoms with Crippen molar-refractivity contribution in [3.63, 3.8) is 0 Å². The molecule has 0 unspecified atom stereocenters. The number of carbonyl (C=O) groups excluding carboxylic acids is 2. The highest BCUT2D eigenvalue weighted by Crippen LogP contribution is 2.19. The van der Waals surface area contributed by atoms with Crippen LogP contribution in [-0.2, 0) is 9.53 Å². The summed E-state index contributed by atoms with van der Waals surface area (Å²) in [7, 11) is 1.62. The van der Waals surface area contributed by atoms with Gasteiger partial charge >= 0.3 is 0 Å². The molecule has 0 bridgehead atoms. The molecule has 2 amide bonds. The topological polar surface area (TPSA) is 76.7 Å². The molecule has 1 atom stereocenters. The van der Waals surface area contributed by atoms with Crippen molar-refractivity contribution in [2.24, 2.45) is 0 Å². The van der Waals surface area contributed by atoms with Crippen molar-refractivity contribution in [2.45, 2.75) is 19.4 Å². The van der Waals surface area contributed by atoms with E-state index in [4.69, 9.17) is 9.47 Å². The van der Waals surface area contributed by atoms with Gasteiger partial charge in [0.2, 0.25) is 0 Å². The molecule has 6 nitrogen and oxygen atoms in total. The molecule has 0 spiro atoms. The highest BCUT2D eigenvalue weighted by molar-refractivity contribution is 9.10. The molecule has 0 saturated carbocycles. The highest BCUT2D eigenvalue weighted by atomic mass is 79.9. The number of ether oxygens (including phenoxy) is 2. The predicted octanol–water partition coefficient (Wildman–Crippen LogP) is 3.62. The Balaban J connectivity index is 1.98. The van der Waals surface area contributed by atoms with Crippen LogP contribution in [0.1, 0.15) is 23.7 Å². The summed E-state index contributed by atoms with van der Waals surface area (Å²) < 4.78 is 11.5. The van der Waals surface area contributed by atoms with E-state index in [-0.39, 0.29) is 11.8 Å². The molecular formula is C20H23BrN2O4. The molecule has 0 aliphatic rings. The summed E-state index contributed by atoms with van der Waals surface area (Å²) in [6, 6.07) is 14.1. The standard InChI is InChI=1S/C20H23BrN2O4/c1-14(27-16-10-8-15(21)9-11-16)19(24)23-18-7-4-3-6-17(18)20(25)22-12-5-13-26-2/h3-4,6-11,14H,5,12-13H2,1-2H3,(H,22,25)(H,23,24)/t14-/m0/s1. The van der Waals surface area contributed by atoms with Crippen LogP contribution < -0.4 is 15.4 Å². The van der Waals surface area contributed by atoms with Crippen molar-refractivity contribution in [1.29, 1.82) is 0 Å². The zero-order valence-corrected chi connectivity index (χ0v) is 16.9. The maximum absolute atomic E-state index is 12.5. The van der Waals surface area contributed by atoms with Gasteiger partial charge in [-0.2, -0.15) is 0 Å². The number of halogens is 1. The molecular weight excluding hydrogens is 412 g/mol. The summed E-state index contributed by atoms with van der Waals surface area (Å²) in [6.45, 7) is 2.73. The number of rotatable bonds is 9. The smallest absolute Gasteiger partial charge is 0.265 e. The van der Waals surface area contributed by atoms with E-state index in [9.17, 15) is 9.59 Å². The number of hydrogen-bond donors (Lipinski definition) is 2. The summed E-state index contributed by atoms with van der Waals surface area (Å²) in [5.74, 6) is 0.00561. The molecule has 2 aromatic rings. The summed E-state index contributed by atoms with van der Waals surface area (Å²) >= 11 is 3.35. The van der Waals surface area contributed by atoms with Crippen LogP contribution in [0.4, 0.5) is 5.69 Å². The van der Waals surface area contributed by atoms with E-state index < -0.39 is 6.10 Å². The van der Waals surface area contributed by atoms with Crippen molar-refractivity contribution in [3.05, 3.63) is 58.6 Å². The van der Waals surface area contributed by atoms with Gasteiger partial charge in [0, 0.05) is 24.7 Å². The number of para-hydroxylation sites is 1. The van der Waals surface area contributed by atoms with E-state index in [1.807, 2.05) is 12.1 Å². The Kier molecular flexibility index (Phi) is 8.29. The second-order valence-electron chi connectivity index (χ2n) is 5.85. The first-order chi connectivity index (χ1) is 13.0. The molecule has 27 heavy (non-hydrogen) atoms. The number of benzene rings is 2. The molecule has 0 heterocycles. The van der Waals surface area contributed by atoms with Gasteiger partial charge in [-0.15, -0.1) is 0 Å². The van der Waals surface area contributed by atoms with Crippen molar-refractivity contribution < 1.29 is 19.1 Å². The van der Waals surface area contributed by atoms with Crippen molar-refractivity contribution in [1.82, 2.24) is 5.32 Å². The van der Waals surface area contributed by atoms with Gasteiger partial charge < -0.3 is 20.1 Å². The van der Waals surface area contributed by atoms with E-state index in [2.05, 4.69) is 26.6 Å². The largest absolute Gasteiger partial charge is 0.481 e. The Bertz CT molecular complexity index is 765. The van der Waals surface area contributed by atoms with Crippen LogP contribution in [0.3, 0.4) is 0 Å². The third kappa shape index (κ3) is 6.69. The Morgan fingerprint density at radius 2 is 1.81 bits per heavy atom. The Morgan fingerprint density at radius 1 is 1.11 bits per heavy atom. The van der Waals surface area contributed by atoms with Crippen LogP contribution in [0.25, 0.3) is 0 Å². The molecule has 2 aromatic carbocycles. The zero-order valence-electron chi connectivity index (χ0n) is 15.3. The van der Waals surface area contributed by atoms with Crippen LogP contribution in [0, 0.1) is 0 Å². The normalized spacial score (nSPS) is 11.5. The van der Waals surface area contributed by atoms with E-state index >= 15 is 0 Å². The van der Waals surface area contributed by atoms with Crippen molar-refractivity contribution >= 4 is 33.4 Å². The number of anilines is 1. The molecule has 7 heteroatoms. The second kappa shape index (κ2) is 10.7. The van der Waals surface area contributed by atoms with E-state index in [1.165, 1.54) is 0 Å². The monoisotopic (exact) mass is 434 g/mol. The predicted molar refractivity (Wildman–Crippen MR) is 108 cm³/mol. The first-order valence-corrected chi connectivity index (χ1v) is 9.40. The molecule has 0 fully saturated rings. The second-order valence-corrected chi connectivity index (χ2v) is 6.77. The Hall–Kier alpha value is -2.38. The van der Waals surface area contributed by atoms with E-state index in [0.717, 1.165) is 10.9 Å². The van der Waals surface area contributed by atoms with E-state index in [0.29, 0.717) is 30.2 Å². The van der Waals surface area contributed by atoms with Gasteiger partial charge in [-0.3, -0.25) is 9.59 Å². The zero-order chi connectivity index (χ0) is 19.6. The summed E-state index contributed by atoms with van der Waals surface area (Å²) in [5, 5.41) is 5.58. The fourth-order valence-corrected chi connectivity index (χ4v) is 2.57. The summed E-state index contributed by atoms with van der Waals surface area (Å²) in [4.78, 5) is 24.8. The lowest BCUT2D eigenvalue weighted by Gasteiger charge is -2.16. The van der Waals surface area contributed by atoms with Crippen LogP contribution in [0.5, 0.6) is 5.75 Å². The van der Waals surface area contributed by atoms with Gasteiger partial charge in [0.25, 0.3) is 11.8 Å². The first-order valence-electron chi connectivity index (χ1n) is 8.60. The third-order valence-electron chi connectivity index (χ3n) is 3.74. The minimum Gasteiger partial charge on any atom is -0.481 e. The van der Waals surface area contributed by atoms with Gasteiger partial charge in [0.1, 0.15) is 5.75 Å². The van der Waals surface area contributed by atoms with Gasteiger partial charge in [-0.05, 0) is 49.7 Å².